The van der Waals surface area contributed by atoms with E-state index in [1.807, 2.05) is 31.2 Å². The SMILES string of the molecule is Cc1ccccc1C(CCOc1ccc(Cl)cc1)C(=O)O. The maximum atomic E-state index is 11.5. The van der Waals surface area contributed by atoms with Crippen LogP contribution in [0.5, 0.6) is 5.75 Å². The van der Waals surface area contributed by atoms with E-state index in [1.54, 1.807) is 24.3 Å². The summed E-state index contributed by atoms with van der Waals surface area (Å²) in [6.07, 6.45) is 0.419. The quantitative estimate of drug-likeness (QED) is 0.866. The lowest BCUT2D eigenvalue weighted by Crippen LogP contribution is -2.16. The number of halogens is 1. The van der Waals surface area contributed by atoms with Crippen LogP contribution < -0.4 is 4.74 Å². The zero-order valence-corrected chi connectivity index (χ0v) is 12.5. The van der Waals surface area contributed by atoms with Crippen molar-refractivity contribution in [2.75, 3.05) is 6.61 Å². The number of aliphatic carboxylic acids is 1. The first-order chi connectivity index (χ1) is 10.1. The van der Waals surface area contributed by atoms with Crippen molar-refractivity contribution >= 4 is 17.6 Å². The number of hydrogen-bond donors (Lipinski definition) is 1. The zero-order chi connectivity index (χ0) is 15.2. The average Bonchev–Trinajstić information content (AvgIpc) is 2.46. The largest absolute Gasteiger partial charge is 0.494 e. The van der Waals surface area contributed by atoms with Gasteiger partial charge in [0.25, 0.3) is 0 Å². The van der Waals surface area contributed by atoms with E-state index in [2.05, 4.69) is 0 Å². The van der Waals surface area contributed by atoms with Crippen LogP contribution in [0.3, 0.4) is 0 Å². The van der Waals surface area contributed by atoms with Crippen LogP contribution in [0.25, 0.3) is 0 Å². The van der Waals surface area contributed by atoms with Crippen LogP contribution in [0.1, 0.15) is 23.5 Å². The number of aryl methyl sites for hydroxylation is 1. The molecule has 110 valence electrons. The normalized spacial score (nSPS) is 11.9. The minimum atomic E-state index is -0.830. The monoisotopic (exact) mass is 304 g/mol. The Bertz CT molecular complexity index is 608. The van der Waals surface area contributed by atoms with Gasteiger partial charge in [-0.05, 0) is 48.7 Å². The molecule has 2 rings (SSSR count). The molecular weight excluding hydrogens is 288 g/mol. The summed E-state index contributed by atoms with van der Waals surface area (Å²) < 4.78 is 5.58. The lowest BCUT2D eigenvalue weighted by molar-refractivity contribution is -0.139. The van der Waals surface area contributed by atoms with Crippen molar-refractivity contribution in [2.24, 2.45) is 0 Å². The Hall–Kier alpha value is -2.00. The second kappa shape index (κ2) is 7.14. The number of carbonyl (C=O) groups is 1. The fraction of sp³-hybridized carbons (Fsp3) is 0.235. The molecule has 0 radical (unpaired) electrons. The van der Waals surface area contributed by atoms with Crippen LogP contribution >= 0.6 is 11.6 Å². The molecule has 1 atom stereocenters. The molecule has 4 heteroatoms. The Balaban J connectivity index is 2.00. The van der Waals surface area contributed by atoms with Crippen molar-refractivity contribution in [3.63, 3.8) is 0 Å². The van der Waals surface area contributed by atoms with Crippen molar-refractivity contribution in [2.45, 2.75) is 19.3 Å². The Morgan fingerprint density at radius 1 is 1.19 bits per heavy atom. The highest BCUT2D eigenvalue weighted by Crippen LogP contribution is 2.24. The Morgan fingerprint density at radius 3 is 2.48 bits per heavy atom. The molecule has 0 spiro atoms. The topological polar surface area (TPSA) is 46.5 Å². The summed E-state index contributed by atoms with van der Waals surface area (Å²) in [5, 5.41) is 10.1. The Kier molecular flexibility index (Phi) is 5.23. The second-order valence-electron chi connectivity index (χ2n) is 4.84. The van der Waals surface area contributed by atoms with Gasteiger partial charge in [-0.15, -0.1) is 0 Å². The van der Waals surface area contributed by atoms with Crippen molar-refractivity contribution in [1.82, 2.24) is 0 Å². The van der Waals surface area contributed by atoms with E-state index in [0.717, 1.165) is 11.1 Å². The molecule has 0 aliphatic heterocycles. The molecule has 21 heavy (non-hydrogen) atoms. The van der Waals surface area contributed by atoms with Gasteiger partial charge in [0.2, 0.25) is 0 Å². The number of hydrogen-bond acceptors (Lipinski definition) is 2. The fourth-order valence-corrected chi connectivity index (χ4v) is 2.34. The first-order valence-corrected chi connectivity index (χ1v) is 7.12. The molecular formula is C17H17ClO3. The van der Waals surface area contributed by atoms with Gasteiger partial charge in [-0.2, -0.15) is 0 Å². The lowest BCUT2D eigenvalue weighted by atomic mass is 9.92. The Labute approximate surface area is 129 Å². The Morgan fingerprint density at radius 2 is 1.86 bits per heavy atom. The van der Waals surface area contributed by atoms with E-state index < -0.39 is 11.9 Å². The third-order valence-electron chi connectivity index (χ3n) is 3.35. The second-order valence-corrected chi connectivity index (χ2v) is 5.27. The highest BCUT2D eigenvalue weighted by Gasteiger charge is 2.21. The van der Waals surface area contributed by atoms with E-state index >= 15 is 0 Å². The summed E-state index contributed by atoms with van der Waals surface area (Å²) in [6.45, 7) is 2.26. The van der Waals surface area contributed by atoms with E-state index in [9.17, 15) is 9.90 Å². The zero-order valence-electron chi connectivity index (χ0n) is 11.8. The molecule has 3 nitrogen and oxygen atoms in total. The van der Waals surface area contributed by atoms with Gasteiger partial charge in [0.1, 0.15) is 5.75 Å². The first kappa shape index (κ1) is 15.4. The van der Waals surface area contributed by atoms with Gasteiger partial charge in [-0.3, -0.25) is 4.79 Å². The van der Waals surface area contributed by atoms with Gasteiger partial charge >= 0.3 is 5.97 Å². The van der Waals surface area contributed by atoms with Crippen LogP contribution in [0, 0.1) is 6.92 Å². The van der Waals surface area contributed by atoms with E-state index in [0.29, 0.717) is 23.8 Å². The molecule has 0 aliphatic rings. The summed E-state index contributed by atoms with van der Waals surface area (Å²) >= 11 is 5.80. The minimum Gasteiger partial charge on any atom is -0.494 e. The molecule has 2 aromatic rings. The van der Waals surface area contributed by atoms with Gasteiger partial charge in [-0.1, -0.05) is 35.9 Å². The van der Waals surface area contributed by atoms with Crippen LogP contribution in [0.2, 0.25) is 5.02 Å². The predicted octanol–water partition coefficient (Wildman–Crippen LogP) is 4.29. The highest BCUT2D eigenvalue weighted by molar-refractivity contribution is 6.30. The molecule has 1 N–H and O–H groups in total. The molecule has 0 saturated carbocycles. The average molecular weight is 305 g/mol. The fourth-order valence-electron chi connectivity index (χ4n) is 2.22. The van der Waals surface area contributed by atoms with Gasteiger partial charge in [0.05, 0.1) is 12.5 Å². The lowest BCUT2D eigenvalue weighted by Gasteiger charge is -2.15. The maximum absolute atomic E-state index is 11.5. The molecule has 0 amide bonds. The summed E-state index contributed by atoms with van der Waals surface area (Å²) in [5.74, 6) is -0.698. The van der Waals surface area contributed by atoms with Gasteiger partial charge < -0.3 is 9.84 Å². The van der Waals surface area contributed by atoms with Crippen LogP contribution in [0.4, 0.5) is 0 Å². The minimum absolute atomic E-state index is 0.340. The number of benzene rings is 2. The summed E-state index contributed by atoms with van der Waals surface area (Å²) in [5.41, 5.74) is 1.82. The molecule has 0 heterocycles. The van der Waals surface area contributed by atoms with E-state index in [-0.39, 0.29) is 0 Å². The van der Waals surface area contributed by atoms with E-state index in [1.165, 1.54) is 0 Å². The summed E-state index contributed by atoms with van der Waals surface area (Å²) in [7, 11) is 0. The van der Waals surface area contributed by atoms with Crippen LogP contribution in [-0.2, 0) is 4.79 Å². The molecule has 0 aromatic heterocycles. The van der Waals surface area contributed by atoms with Gasteiger partial charge in [0.15, 0.2) is 0 Å². The van der Waals surface area contributed by atoms with Gasteiger partial charge in [-0.25, -0.2) is 0 Å². The third kappa shape index (κ3) is 4.23. The molecule has 0 aliphatic carbocycles. The molecule has 0 fully saturated rings. The molecule has 2 aromatic carbocycles. The van der Waals surface area contributed by atoms with Crippen molar-refractivity contribution in [3.05, 3.63) is 64.7 Å². The maximum Gasteiger partial charge on any atom is 0.311 e. The summed E-state index contributed by atoms with van der Waals surface area (Å²) in [4.78, 5) is 11.5. The number of carboxylic acid groups (broad SMARTS) is 1. The van der Waals surface area contributed by atoms with E-state index in [4.69, 9.17) is 16.3 Å². The molecule has 1 unspecified atom stereocenters. The summed E-state index contributed by atoms with van der Waals surface area (Å²) in [6, 6.07) is 14.6. The number of carboxylic acids is 1. The smallest absolute Gasteiger partial charge is 0.311 e. The van der Waals surface area contributed by atoms with Crippen molar-refractivity contribution in [1.29, 1.82) is 0 Å². The first-order valence-electron chi connectivity index (χ1n) is 6.74. The standard InChI is InChI=1S/C17H17ClO3/c1-12-4-2-3-5-15(12)16(17(19)20)10-11-21-14-8-6-13(18)7-9-14/h2-9,16H,10-11H2,1H3,(H,19,20). The molecule has 0 bridgehead atoms. The van der Waals surface area contributed by atoms with Gasteiger partial charge in [0, 0.05) is 5.02 Å². The van der Waals surface area contributed by atoms with Crippen LogP contribution in [-0.4, -0.2) is 17.7 Å². The number of rotatable bonds is 6. The predicted molar refractivity (Wildman–Crippen MR) is 83.1 cm³/mol. The van der Waals surface area contributed by atoms with Crippen molar-refractivity contribution in [3.8, 4) is 5.75 Å². The third-order valence-corrected chi connectivity index (χ3v) is 3.60. The van der Waals surface area contributed by atoms with Crippen LogP contribution in [0.15, 0.2) is 48.5 Å². The number of ether oxygens (including phenoxy) is 1. The van der Waals surface area contributed by atoms with Crippen molar-refractivity contribution < 1.29 is 14.6 Å². The highest BCUT2D eigenvalue weighted by atomic mass is 35.5. The molecule has 0 saturated heterocycles.